The minimum Gasteiger partial charge on any atom is -0.326 e. The first-order valence-electron chi connectivity index (χ1n) is 7.90. The molecule has 0 heterocycles. The van der Waals surface area contributed by atoms with E-state index in [4.69, 9.17) is 0 Å². The third kappa shape index (κ3) is 3.59. The second-order valence-corrected chi connectivity index (χ2v) is 5.89. The van der Waals surface area contributed by atoms with Gasteiger partial charge in [-0.3, -0.25) is 9.59 Å². The predicted molar refractivity (Wildman–Crippen MR) is 91.5 cm³/mol. The second kappa shape index (κ2) is 6.65. The Labute approximate surface area is 135 Å². The van der Waals surface area contributed by atoms with Crippen LogP contribution in [0.4, 0.5) is 11.4 Å². The molecule has 1 aliphatic rings. The number of anilines is 2. The van der Waals surface area contributed by atoms with E-state index in [1.54, 1.807) is 24.3 Å². The molecule has 2 aromatic rings. The molecule has 2 N–H and O–H groups in total. The molecule has 4 heteroatoms. The van der Waals surface area contributed by atoms with Gasteiger partial charge in [-0.05, 0) is 54.7 Å². The Balaban J connectivity index is 1.71. The number of aryl methyl sites for hydroxylation is 1. The highest BCUT2D eigenvalue weighted by Crippen LogP contribution is 2.32. The molecule has 1 aliphatic carbocycles. The quantitative estimate of drug-likeness (QED) is 0.908. The largest absolute Gasteiger partial charge is 0.326 e. The van der Waals surface area contributed by atoms with Gasteiger partial charge in [0.15, 0.2) is 0 Å². The number of fused-ring (bicyclic) bond motifs is 1. The summed E-state index contributed by atoms with van der Waals surface area (Å²) >= 11 is 0. The minimum absolute atomic E-state index is 0.0319. The molecule has 23 heavy (non-hydrogen) atoms. The molecule has 0 saturated heterocycles. The normalized spacial score (nSPS) is 16.3. The number of carbonyl (C=O) groups is 2. The number of rotatable bonds is 3. The third-order valence-electron chi connectivity index (χ3n) is 4.16. The summed E-state index contributed by atoms with van der Waals surface area (Å²) < 4.78 is 0. The number of amides is 2. The van der Waals surface area contributed by atoms with E-state index in [9.17, 15) is 9.59 Å². The zero-order valence-corrected chi connectivity index (χ0v) is 13.1. The Morgan fingerprint density at radius 2 is 1.61 bits per heavy atom. The fraction of sp³-hybridized carbons (Fsp3) is 0.263. The lowest BCUT2D eigenvalue weighted by Gasteiger charge is -2.24. The van der Waals surface area contributed by atoms with Gasteiger partial charge < -0.3 is 10.6 Å². The molecule has 0 aromatic heterocycles. The van der Waals surface area contributed by atoms with E-state index in [0.29, 0.717) is 0 Å². The van der Waals surface area contributed by atoms with Crippen LogP contribution in [0.25, 0.3) is 0 Å². The van der Waals surface area contributed by atoms with E-state index in [-0.39, 0.29) is 17.7 Å². The molecule has 1 atom stereocenters. The zero-order valence-electron chi connectivity index (χ0n) is 13.1. The topological polar surface area (TPSA) is 58.2 Å². The summed E-state index contributed by atoms with van der Waals surface area (Å²) in [6, 6.07) is 15.4. The molecular weight excluding hydrogens is 288 g/mol. The number of nitrogens with one attached hydrogen (secondary N) is 2. The molecule has 0 saturated carbocycles. The van der Waals surface area contributed by atoms with Crippen molar-refractivity contribution in [3.05, 3.63) is 59.7 Å². The molecule has 0 bridgehead atoms. The lowest BCUT2D eigenvalue weighted by atomic mass is 9.82. The average molecular weight is 308 g/mol. The number of carbonyl (C=O) groups excluding carboxylic acids is 2. The molecule has 118 valence electrons. The lowest BCUT2D eigenvalue weighted by molar-refractivity contribution is -0.118. The van der Waals surface area contributed by atoms with Crippen molar-refractivity contribution in [3.8, 4) is 0 Å². The standard InChI is InChI=1S/C19H20N2O2/c1-13(22)20-15-9-11-16(12-10-15)21-19(23)18-8-4-6-14-5-2-3-7-17(14)18/h2-3,5,7,9-12,18H,4,6,8H2,1H3,(H,20,22)(H,21,23)/t18-/m0/s1. The summed E-state index contributed by atoms with van der Waals surface area (Å²) in [5.41, 5.74) is 3.89. The van der Waals surface area contributed by atoms with Gasteiger partial charge in [-0.25, -0.2) is 0 Å². The molecule has 3 rings (SSSR count). The van der Waals surface area contributed by atoms with Gasteiger partial charge in [0, 0.05) is 18.3 Å². The van der Waals surface area contributed by atoms with E-state index < -0.39 is 0 Å². The Bertz CT molecular complexity index is 722. The Morgan fingerprint density at radius 3 is 2.30 bits per heavy atom. The van der Waals surface area contributed by atoms with Gasteiger partial charge in [-0.15, -0.1) is 0 Å². The minimum atomic E-state index is -0.111. The van der Waals surface area contributed by atoms with Crippen LogP contribution >= 0.6 is 0 Å². The second-order valence-electron chi connectivity index (χ2n) is 5.89. The molecule has 2 amide bonds. The average Bonchev–Trinajstić information content (AvgIpc) is 2.55. The summed E-state index contributed by atoms with van der Waals surface area (Å²) in [4.78, 5) is 23.6. The smallest absolute Gasteiger partial charge is 0.231 e. The van der Waals surface area contributed by atoms with Crippen LogP contribution in [0.1, 0.15) is 36.8 Å². The van der Waals surface area contributed by atoms with Gasteiger partial charge in [-0.2, -0.15) is 0 Å². The van der Waals surface area contributed by atoms with Crippen LogP contribution in [0.2, 0.25) is 0 Å². The predicted octanol–water partition coefficient (Wildman–Crippen LogP) is 3.70. The number of hydrogen-bond donors (Lipinski definition) is 2. The van der Waals surface area contributed by atoms with Crippen molar-refractivity contribution in [2.45, 2.75) is 32.1 Å². The van der Waals surface area contributed by atoms with Crippen molar-refractivity contribution >= 4 is 23.2 Å². The number of hydrogen-bond acceptors (Lipinski definition) is 2. The van der Waals surface area contributed by atoms with Crippen LogP contribution in [0.3, 0.4) is 0 Å². The van der Waals surface area contributed by atoms with Gasteiger partial charge in [-0.1, -0.05) is 24.3 Å². The summed E-state index contributed by atoms with van der Waals surface area (Å²) in [7, 11) is 0. The monoisotopic (exact) mass is 308 g/mol. The fourth-order valence-electron chi connectivity index (χ4n) is 3.10. The van der Waals surface area contributed by atoms with Gasteiger partial charge in [0.25, 0.3) is 0 Å². The Kier molecular flexibility index (Phi) is 4.42. The highest BCUT2D eigenvalue weighted by Gasteiger charge is 2.26. The zero-order chi connectivity index (χ0) is 16.2. The maximum Gasteiger partial charge on any atom is 0.231 e. The SMILES string of the molecule is CC(=O)Nc1ccc(NC(=O)[C@H]2CCCc3ccccc32)cc1. The van der Waals surface area contributed by atoms with Crippen molar-refractivity contribution in [1.29, 1.82) is 0 Å². The Morgan fingerprint density at radius 1 is 0.957 bits per heavy atom. The summed E-state index contributed by atoms with van der Waals surface area (Å²) in [6.45, 7) is 1.47. The molecule has 0 aliphatic heterocycles. The molecule has 4 nitrogen and oxygen atoms in total. The van der Waals surface area contributed by atoms with Gasteiger partial charge in [0.05, 0.1) is 5.92 Å². The van der Waals surface area contributed by atoms with Crippen LogP contribution in [-0.4, -0.2) is 11.8 Å². The van der Waals surface area contributed by atoms with Gasteiger partial charge in [0.2, 0.25) is 11.8 Å². The first-order valence-corrected chi connectivity index (χ1v) is 7.90. The highest BCUT2D eigenvalue weighted by atomic mass is 16.2. The fourth-order valence-corrected chi connectivity index (χ4v) is 3.10. The maximum absolute atomic E-state index is 12.6. The first kappa shape index (κ1) is 15.3. The summed E-state index contributed by atoms with van der Waals surface area (Å²) in [5, 5.41) is 5.69. The summed E-state index contributed by atoms with van der Waals surface area (Å²) in [6.07, 6.45) is 2.97. The highest BCUT2D eigenvalue weighted by molar-refractivity contribution is 5.96. The molecule has 0 unspecified atom stereocenters. The van der Waals surface area contributed by atoms with E-state index >= 15 is 0 Å². The molecular formula is C19H20N2O2. The third-order valence-corrected chi connectivity index (χ3v) is 4.16. The van der Waals surface area contributed by atoms with Crippen molar-refractivity contribution in [1.82, 2.24) is 0 Å². The number of benzene rings is 2. The molecule has 0 fully saturated rings. The molecule has 0 radical (unpaired) electrons. The lowest BCUT2D eigenvalue weighted by Crippen LogP contribution is -2.24. The van der Waals surface area contributed by atoms with Crippen molar-refractivity contribution in [2.24, 2.45) is 0 Å². The van der Waals surface area contributed by atoms with Crippen LogP contribution in [0, 0.1) is 0 Å². The van der Waals surface area contributed by atoms with Crippen LogP contribution in [-0.2, 0) is 16.0 Å². The Hall–Kier alpha value is -2.62. The van der Waals surface area contributed by atoms with Crippen molar-refractivity contribution < 1.29 is 9.59 Å². The van der Waals surface area contributed by atoms with Crippen LogP contribution < -0.4 is 10.6 Å². The summed E-state index contributed by atoms with van der Waals surface area (Å²) in [5.74, 6) is -0.167. The van der Waals surface area contributed by atoms with Crippen LogP contribution in [0.5, 0.6) is 0 Å². The van der Waals surface area contributed by atoms with E-state index in [1.165, 1.54) is 12.5 Å². The molecule has 2 aromatic carbocycles. The van der Waals surface area contributed by atoms with Crippen LogP contribution in [0.15, 0.2) is 48.5 Å². The van der Waals surface area contributed by atoms with E-state index in [1.807, 2.05) is 12.1 Å². The van der Waals surface area contributed by atoms with Crippen molar-refractivity contribution in [2.75, 3.05) is 10.6 Å². The first-order chi connectivity index (χ1) is 11.1. The maximum atomic E-state index is 12.6. The molecule has 0 spiro atoms. The van der Waals surface area contributed by atoms with E-state index in [2.05, 4.69) is 22.8 Å². The van der Waals surface area contributed by atoms with E-state index in [0.717, 1.165) is 36.2 Å². The van der Waals surface area contributed by atoms with Gasteiger partial charge >= 0.3 is 0 Å². The van der Waals surface area contributed by atoms with Gasteiger partial charge in [0.1, 0.15) is 0 Å². The van der Waals surface area contributed by atoms with Crippen molar-refractivity contribution in [3.63, 3.8) is 0 Å².